The largest absolute Gasteiger partial charge is 0.333 e. The molecule has 2 aromatic rings. The topological polar surface area (TPSA) is 76.6 Å². The molecular formula is C15H12N2O4S. The minimum atomic E-state index is -0.637. The standard InChI is InChI=1S/C15H12N2O4S/c1-9-8-22-12(16-9)6-7-13(18)21-17-14(19)10-4-2-3-5-11(10)15(17)20/h2-5,8H,6-7H2,1H3. The van der Waals surface area contributed by atoms with Crippen LogP contribution in [0.1, 0.15) is 37.8 Å². The van der Waals surface area contributed by atoms with Gasteiger partial charge in [0.25, 0.3) is 11.8 Å². The van der Waals surface area contributed by atoms with Crippen molar-refractivity contribution >= 4 is 29.1 Å². The third-order valence-electron chi connectivity index (χ3n) is 3.16. The second-order valence-corrected chi connectivity index (χ2v) is 5.74. The lowest BCUT2D eigenvalue weighted by Gasteiger charge is -2.12. The summed E-state index contributed by atoms with van der Waals surface area (Å²) in [5.41, 5.74) is 1.39. The highest BCUT2D eigenvalue weighted by Gasteiger charge is 2.38. The summed E-state index contributed by atoms with van der Waals surface area (Å²) in [6, 6.07) is 6.36. The fraction of sp³-hybridized carbons (Fsp3) is 0.200. The number of carbonyl (C=O) groups is 3. The Labute approximate surface area is 130 Å². The van der Waals surface area contributed by atoms with Crippen LogP contribution in [0.2, 0.25) is 0 Å². The van der Waals surface area contributed by atoms with Crippen LogP contribution in [0.25, 0.3) is 0 Å². The predicted octanol–water partition coefficient (Wildman–Crippen LogP) is 2.14. The Morgan fingerprint density at radius 2 is 1.86 bits per heavy atom. The van der Waals surface area contributed by atoms with Gasteiger partial charge in [0.05, 0.1) is 22.6 Å². The van der Waals surface area contributed by atoms with Crippen molar-refractivity contribution < 1.29 is 19.2 Å². The lowest BCUT2D eigenvalue weighted by Crippen LogP contribution is -2.32. The summed E-state index contributed by atoms with van der Waals surface area (Å²) in [5, 5.41) is 3.24. The molecule has 7 heteroatoms. The molecule has 1 aliphatic heterocycles. The van der Waals surface area contributed by atoms with Gasteiger partial charge in [-0.3, -0.25) is 9.59 Å². The smallest absolute Gasteiger partial charge is 0.330 e. The van der Waals surface area contributed by atoms with Crippen LogP contribution < -0.4 is 0 Å². The second-order valence-electron chi connectivity index (χ2n) is 4.80. The molecule has 0 atom stereocenters. The molecule has 6 nitrogen and oxygen atoms in total. The van der Waals surface area contributed by atoms with Crippen molar-refractivity contribution in [1.82, 2.24) is 10.0 Å². The molecule has 22 heavy (non-hydrogen) atoms. The predicted molar refractivity (Wildman–Crippen MR) is 78.2 cm³/mol. The Kier molecular flexibility index (Phi) is 3.72. The van der Waals surface area contributed by atoms with E-state index in [0.717, 1.165) is 10.7 Å². The molecule has 2 heterocycles. The Morgan fingerprint density at radius 3 is 2.41 bits per heavy atom. The molecule has 0 aliphatic carbocycles. The van der Waals surface area contributed by atoms with Gasteiger partial charge in [0.1, 0.15) is 0 Å². The number of imide groups is 1. The van der Waals surface area contributed by atoms with E-state index in [0.29, 0.717) is 11.5 Å². The summed E-state index contributed by atoms with van der Waals surface area (Å²) in [6.45, 7) is 1.87. The number of fused-ring (bicyclic) bond motifs is 1. The van der Waals surface area contributed by atoms with E-state index in [1.165, 1.54) is 23.5 Å². The number of benzene rings is 1. The lowest BCUT2D eigenvalue weighted by atomic mass is 10.1. The number of hydroxylamine groups is 2. The zero-order valence-electron chi connectivity index (χ0n) is 11.7. The first-order chi connectivity index (χ1) is 10.6. The summed E-state index contributed by atoms with van der Waals surface area (Å²) >= 11 is 1.46. The van der Waals surface area contributed by atoms with Gasteiger partial charge in [0.2, 0.25) is 0 Å². The molecule has 0 bridgehead atoms. The molecule has 0 unspecified atom stereocenters. The van der Waals surface area contributed by atoms with Crippen molar-refractivity contribution in [3.63, 3.8) is 0 Å². The number of nitrogens with zero attached hydrogens (tertiary/aromatic N) is 2. The average Bonchev–Trinajstić information content (AvgIpc) is 3.03. The maximum Gasteiger partial charge on any atom is 0.333 e. The maximum absolute atomic E-state index is 12.0. The molecule has 1 aromatic heterocycles. The van der Waals surface area contributed by atoms with Crippen LogP contribution in [0.15, 0.2) is 29.6 Å². The summed E-state index contributed by atoms with van der Waals surface area (Å²) in [7, 11) is 0. The zero-order valence-corrected chi connectivity index (χ0v) is 12.6. The highest BCUT2D eigenvalue weighted by molar-refractivity contribution is 7.09. The normalized spacial score (nSPS) is 13.4. The minimum Gasteiger partial charge on any atom is -0.330 e. The van der Waals surface area contributed by atoms with Gasteiger partial charge in [0, 0.05) is 17.5 Å². The molecule has 3 rings (SSSR count). The molecule has 0 fully saturated rings. The Bertz CT molecular complexity index is 733. The van der Waals surface area contributed by atoms with E-state index in [-0.39, 0.29) is 17.5 Å². The molecule has 1 aliphatic rings. The third kappa shape index (κ3) is 2.62. The first kappa shape index (κ1) is 14.4. The second kappa shape index (κ2) is 5.69. The van der Waals surface area contributed by atoms with E-state index in [1.54, 1.807) is 12.1 Å². The highest BCUT2D eigenvalue weighted by Crippen LogP contribution is 2.23. The molecule has 0 saturated carbocycles. The van der Waals surface area contributed by atoms with Gasteiger partial charge in [-0.1, -0.05) is 17.2 Å². The van der Waals surface area contributed by atoms with Crippen LogP contribution in [0.5, 0.6) is 0 Å². The van der Waals surface area contributed by atoms with E-state index in [9.17, 15) is 14.4 Å². The molecule has 0 saturated heterocycles. The van der Waals surface area contributed by atoms with Crippen LogP contribution in [0.4, 0.5) is 0 Å². The van der Waals surface area contributed by atoms with Crippen LogP contribution in [-0.2, 0) is 16.1 Å². The molecule has 112 valence electrons. The van der Waals surface area contributed by atoms with Crippen LogP contribution in [0.3, 0.4) is 0 Å². The molecule has 1 aromatic carbocycles. The van der Waals surface area contributed by atoms with Crippen molar-refractivity contribution in [1.29, 1.82) is 0 Å². The van der Waals surface area contributed by atoms with Gasteiger partial charge in [-0.25, -0.2) is 9.78 Å². The van der Waals surface area contributed by atoms with E-state index in [1.807, 2.05) is 12.3 Å². The van der Waals surface area contributed by atoms with Gasteiger partial charge in [0.15, 0.2) is 0 Å². The summed E-state index contributed by atoms with van der Waals surface area (Å²) in [4.78, 5) is 45.1. The van der Waals surface area contributed by atoms with Crippen molar-refractivity contribution in [2.24, 2.45) is 0 Å². The summed E-state index contributed by atoms with van der Waals surface area (Å²) in [5.74, 6) is -1.86. The number of thiazole rings is 1. The fourth-order valence-corrected chi connectivity index (χ4v) is 2.90. The SMILES string of the molecule is Cc1csc(CCC(=O)ON2C(=O)c3ccccc3C2=O)n1. The third-order valence-corrected chi connectivity index (χ3v) is 4.19. The van der Waals surface area contributed by atoms with Crippen molar-refractivity contribution in [2.45, 2.75) is 19.8 Å². The van der Waals surface area contributed by atoms with Crippen molar-refractivity contribution in [3.05, 3.63) is 51.5 Å². The van der Waals surface area contributed by atoms with Crippen molar-refractivity contribution in [2.75, 3.05) is 0 Å². The molecule has 0 N–H and O–H groups in total. The first-order valence-corrected chi connectivity index (χ1v) is 7.54. The first-order valence-electron chi connectivity index (χ1n) is 6.66. The van der Waals surface area contributed by atoms with Crippen LogP contribution in [0, 0.1) is 6.92 Å². The Balaban J connectivity index is 1.63. The number of aromatic nitrogens is 1. The quantitative estimate of drug-likeness (QED) is 0.808. The molecule has 0 radical (unpaired) electrons. The van der Waals surface area contributed by atoms with E-state index in [4.69, 9.17) is 4.84 Å². The number of carbonyl (C=O) groups excluding carboxylic acids is 3. The van der Waals surface area contributed by atoms with Gasteiger partial charge >= 0.3 is 5.97 Å². The number of rotatable bonds is 4. The van der Waals surface area contributed by atoms with E-state index < -0.39 is 17.8 Å². The fourth-order valence-electron chi connectivity index (χ4n) is 2.12. The van der Waals surface area contributed by atoms with Crippen LogP contribution >= 0.6 is 11.3 Å². The van der Waals surface area contributed by atoms with Gasteiger partial charge in [-0.15, -0.1) is 11.3 Å². The highest BCUT2D eigenvalue weighted by atomic mass is 32.1. The van der Waals surface area contributed by atoms with E-state index in [2.05, 4.69) is 4.98 Å². The average molecular weight is 316 g/mol. The van der Waals surface area contributed by atoms with Gasteiger partial charge < -0.3 is 4.84 Å². The Morgan fingerprint density at radius 1 is 1.23 bits per heavy atom. The molecule has 0 spiro atoms. The summed E-state index contributed by atoms with van der Waals surface area (Å²) < 4.78 is 0. The van der Waals surface area contributed by atoms with Crippen LogP contribution in [-0.4, -0.2) is 27.8 Å². The maximum atomic E-state index is 12.0. The van der Waals surface area contributed by atoms with Gasteiger partial charge in [-0.2, -0.15) is 0 Å². The number of amides is 2. The summed E-state index contributed by atoms with van der Waals surface area (Å²) in [6.07, 6.45) is 0.473. The minimum absolute atomic E-state index is 0.0559. The van der Waals surface area contributed by atoms with Gasteiger partial charge in [-0.05, 0) is 19.1 Å². The monoisotopic (exact) mass is 316 g/mol. The molecule has 2 amide bonds. The molecular weight excluding hydrogens is 304 g/mol. The van der Waals surface area contributed by atoms with Crippen molar-refractivity contribution in [3.8, 4) is 0 Å². The lowest BCUT2D eigenvalue weighted by molar-refractivity contribution is -0.168. The number of aryl methyl sites for hydroxylation is 2. The zero-order chi connectivity index (χ0) is 15.7. The Hall–Kier alpha value is -2.54. The number of hydrogen-bond donors (Lipinski definition) is 0. The number of hydrogen-bond acceptors (Lipinski definition) is 6. The van der Waals surface area contributed by atoms with E-state index >= 15 is 0 Å².